The van der Waals surface area contributed by atoms with E-state index < -0.39 is 0 Å². The zero-order chi connectivity index (χ0) is 19.1. The lowest BCUT2D eigenvalue weighted by Crippen LogP contribution is -2.38. The van der Waals surface area contributed by atoms with Crippen LogP contribution in [-0.4, -0.2) is 24.9 Å². The van der Waals surface area contributed by atoms with Crippen LogP contribution < -0.4 is 10.2 Å². The van der Waals surface area contributed by atoms with Gasteiger partial charge in [-0.2, -0.15) is 0 Å². The Morgan fingerprint density at radius 1 is 1.04 bits per heavy atom. The summed E-state index contributed by atoms with van der Waals surface area (Å²) in [6.07, 6.45) is 1.21. The largest absolute Gasteiger partial charge is 0.354 e. The summed E-state index contributed by atoms with van der Waals surface area (Å²) in [7, 11) is 0. The Hall–Kier alpha value is -2.62. The van der Waals surface area contributed by atoms with Gasteiger partial charge in [-0.05, 0) is 37.0 Å². The van der Waals surface area contributed by atoms with Gasteiger partial charge in [0.1, 0.15) is 0 Å². The summed E-state index contributed by atoms with van der Waals surface area (Å²) in [6, 6.07) is 14.0. The van der Waals surface area contributed by atoms with Crippen LogP contribution in [0.4, 0.5) is 5.69 Å². The summed E-state index contributed by atoms with van der Waals surface area (Å²) in [5.41, 5.74) is 5.35. The van der Waals surface area contributed by atoms with Crippen LogP contribution in [0.5, 0.6) is 0 Å². The first-order valence-electron chi connectivity index (χ1n) is 9.11. The van der Waals surface area contributed by atoms with E-state index in [1.807, 2.05) is 56.3 Å². The molecule has 138 valence electrons. The number of carbonyl (C=O) groups excluding carboxylic acids is 2. The molecule has 0 aliphatic heterocycles. The van der Waals surface area contributed by atoms with Crippen molar-refractivity contribution in [2.75, 3.05) is 18.0 Å². The number of hydrogen-bond donors (Lipinski definition) is 1. The molecule has 4 heteroatoms. The minimum atomic E-state index is -0.0298. The van der Waals surface area contributed by atoms with Gasteiger partial charge in [-0.1, -0.05) is 55.0 Å². The van der Waals surface area contributed by atoms with E-state index in [0.717, 1.165) is 28.8 Å². The Kier molecular flexibility index (Phi) is 6.96. The number of nitrogens with zero attached hydrogens (tertiary/aromatic N) is 1. The molecule has 0 atom stereocenters. The second kappa shape index (κ2) is 9.18. The minimum Gasteiger partial charge on any atom is -0.354 e. The molecular formula is C22H28N2O2. The van der Waals surface area contributed by atoms with Crippen LogP contribution in [-0.2, 0) is 22.4 Å². The van der Waals surface area contributed by atoms with Gasteiger partial charge in [-0.25, -0.2) is 0 Å². The van der Waals surface area contributed by atoms with Gasteiger partial charge in [0.15, 0.2) is 0 Å². The van der Waals surface area contributed by atoms with Crippen LogP contribution >= 0.6 is 0 Å². The van der Waals surface area contributed by atoms with Gasteiger partial charge in [-0.3, -0.25) is 9.59 Å². The lowest BCUT2D eigenvalue weighted by molar-refractivity contribution is -0.121. The van der Waals surface area contributed by atoms with Gasteiger partial charge < -0.3 is 10.2 Å². The highest BCUT2D eigenvalue weighted by Crippen LogP contribution is 2.25. The Labute approximate surface area is 156 Å². The number of amides is 2. The molecule has 0 saturated heterocycles. The van der Waals surface area contributed by atoms with Crippen LogP contribution in [0.1, 0.15) is 36.1 Å². The standard InChI is InChI=1S/C22H28N2O2/c1-5-20-8-6-7-17(3)22(20)24(18(4)25)14-13-23-21(26)15-19-11-9-16(2)10-12-19/h6-12H,5,13-15H2,1-4H3,(H,23,26). The van der Waals surface area contributed by atoms with Crippen molar-refractivity contribution < 1.29 is 9.59 Å². The predicted molar refractivity (Wildman–Crippen MR) is 106 cm³/mol. The van der Waals surface area contributed by atoms with Gasteiger partial charge in [0.25, 0.3) is 0 Å². The summed E-state index contributed by atoms with van der Waals surface area (Å²) >= 11 is 0. The number of benzene rings is 2. The van der Waals surface area contributed by atoms with Gasteiger partial charge in [0.2, 0.25) is 11.8 Å². The smallest absolute Gasteiger partial charge is 0.224 e. The topological polar surface area (TPSA) is 49.4 Å². The van der Waals surface area contributed by atoms with Gasteiger partial charge in [-0.15, -0.1) is 0 Å². The zero-order valence-electron chi connectivity index (χ0n) is 16.1. The molecule has 0 unspecified atom stereocenters. The summed E-state index contributed by atoms with van der Waals surface area (Å²) < 4.78 is 0. The molecule has 0 aliphatic rings. The highest BCUT2D eigenvalue weighted by atomic mass is 16.2. The first kappa shape index (κ1) is 19.7. The van der Waals surface area contributed by atoms with Crippen LogP contribution in [0, 0.1) is 13.8 Å². The van der Waals surface area contributed by atoms with E-state index in [9.17, 15) is 9.59 Å². The molecule has 0 bridgehead atoms. The molecule has 0 aliphatic carbocycles. The number of aryl methyl sites for hydroxylation is 3. The van der Waals surface area contributed by atoms with Crippen molar-refractivity contribution in [3.63, 3.8) is 0 Å². The van der Waals surface area contributed by atoms with E-state index in [4.69, 9.17) is 0 Å². The molecule has 26 heavy (non-hydrogen) atoms. The predicted octanol–water partition coefficient (Wildman–Crippen LogP) is 3.58. The monoisotopic (exact) mass is 352 g/mol. The number of carbonyl (C=O) groups is 2. The molecule has 0 heterocycles. The van der Waals surface area contributed by atoms with Gasteiger partial charge in [0, 0.05) is 25.7 Å². The molecular weight excluding hydrogens is 324 g/mol. The number of nitrogens with one attached hydrogen (secondary N) is 1. The van der Waals surface area contributed by atoms with E-state index >= 15 is 0 Å². The second-order valence-corrected chi connectivity index (χ2v) is 6.62. The summed E-state index contributed by atoms with van der Waals surface area (Å²) in [5, 5.41) is 2.92. The van der Waals surface area contributed by atoms with Gasteiger partial charge >= 0.3 is 0 Å². The second-order valence-electron chi connectivity index (χ2n) is 6.62. The first-order chi connectivity index (χ1) is 12.4. The number of para-hydroxylation sites is 1. The highest BCUT2D eigenvalue weighted by molar-refractivity contribution is 5.93. The molecule has 0 fully saturated rings. The number of anilines is 1. The molecule has 0 spiro atoms. The average Bonchev–Trinajstić information content (AvgIpc) is 2.61. The van der Waals surface area contributed by atoms with Crippen molar-refractivity contribution in [3.05, 3.63) is 64.7 Å². The van der Waals surface area contributed by atoms with Gasteiger partial charge in [0.05, 0.1) is 6.42 Å². The van der Waals surface area contributed by atoms with Crippen LogP contribution in [0.2, 0.25) is 0 Å². The van der Waals surface area contributed by atoms with E-state index in [-0.39, 0.29) is 11.8 Å². The highest BCUT2D eigenvalue weighted by Gasteiger charge is 2.17. The van der Waals surface area contributed by atoms with Crippen LogP contribution in [0.3, 0.4) is 0 Å². The van der Waals surface area contributed by atoms with Crippen molar-refractivity contribution in [2.24, 2.45) is 0 Å². The lowest BCUT2D eigenvalue weighted by Gasteiger charge is -2.26. The molecule has 0 aromatic heterocycles. The molecule has 2 rings (SSSR count). The SMILES string of the molecule is CCc1cccc(C)c1N(CCNC(=O)Cc1ccc(C)cc1)C(C)=O. The minimum absolute atomic E-state index is 0.0122. The van der Waals surface area contributed by atoms with E-state index in [2.05, 4.69) is 12.2 Å². The maximum absolute atomic E-state index is 12.2. The Morgan fingerprint density at radius 2 is 1.73 bits per heavy atom. The third-order valence-electron chi connectivity index (χ3n) is 4.50. The van der Waals surface area contributed by atoms with Crippen LogP contribution in [0.15, 0.2) is 42.5 Å². The fourth-order valence-electron chi connectivity index (χ4n) is 3.08. The third kappa shape index (κ3) is 5.19. The van der Waals surface area contributed by atoms with Crippen molar-refractivity contribution >= 4 is 17.5 Å². The van der Waals surface area contributed by atoms with Crippen molar-refractivity contribution in [1.29, 1.82) is 0 Å². The number of hydrogen-bond acceptors (Lipinski definition) is 2. The lowest BCUT2D eigenvalue weighted by atomic mass is 10.0. The molecule has 2 aromatic rings. The Balaban J connectivity index is 1.98. The third-order valence-corrected chi connectivity index (χ3v) is 4.50. The zero-order valence-corrected chi connectivity index (χ0v) is 16.1. The molecule has 0 saturated carbocycles. The van der Waals surface area contributed by atoms with E-state index in [1.54, 1.807) is 11.8 Å². The quantitative estimate of drug-likeness (QED) is 0.828. The van der Waals surface area contributed by atoms with Crippen molar-refractivity contribution in [3.8, 4) is 0 Å². The Bertz CT molecular complexity index is 766. The maximum Gasteiger partial charge on any atom is 0.224 e. The fraction of sp³-hybridized carbons (Fsp3) is 0.364. The average molecular weight is 352 g/mol. The van der Waals surface area contributed by atoms with Crippen molar-refractivity contribution in [2.45, 2.75) is 40.5 Å². The molecule has 0 radical (unpaired) electrons. The van der Waals surface area contributed by atoms with Crippen molar-refractivity contribution in [1.82, 2.24) is 5.32 Å². The molecule has 2 amide bonds. The molecule has 2 aromatic carbocycles. The first-order valence-corrected chi connectivity index (χ1v) is 9.11. The normalized spacial score (nSPS) is 10.5. The summed E-state index contributed by atoms with van der Waals surface area (Å²) in [6.45, 7) is 8.59. The molecule has 4 nitrogen and oxygen atoms in total. The fourth-order valence-corrected chi connectivity index (χ4v) is 3.08. The molecule has 1 N–H and O–H groups in total. The summed E-state index contributed by atoms with van der Waals surface area (Å²) in [4.78, 5) is 26.1. The summed E-state index contributed by atoms with van der Waals surface area (Å²) in [5.74, 6) is -0.0420. The van der Waals surface area contributed by atoms with E-state index in [1.165, 1.54) is 5.56 Å². The maximum atomic E-state index is 12.2. The van der Waals surface area contributed by atoms with Crippen LogP contribution in [0.25, 0.3) is 0 Å². The Morgan fingerprint density at radius 3 is 2.35 bits per heavy atom. The van der Waals surface area contributed by atoms with E-state index in [0.29, 0.717) is 19.5 Å². The number of rotatable bonds is 7.